The van der Waals surface area contributed by atoms with E-state index in [1.165, 1.54) is 11.8 Å². The Balaban J connectivity index is 1.61. The number of hydrogen-bond donors (Lipinski definition) is 1. The number of anilines is 1. The molecule has 3 aromatic rings. The van der Waals surface area contributed by atoms with Crippen LogP contribution in [0.2, 0.25) is 5.02 Å². The molecule has 0 saturated heterocycles. The molecule has 3 rings (SSSR count). The zero-order valence-electron chi connectivity index (χ0n) is 13.8. The van der Waals surface area contributed by atoms with Crippen molar-refractivity contribution in [2.24, 2.45) is 0 Å². The van der Waals surface area contributed by atoms with Crippen LogP contribution in [0.3, 0.4) is 0 Å². The molecule has 0 fully saturated rings. The Morgan fingerprint density at radius 1 is 1.40 bits per heavy atom. The van der Waals surface area contributed by atoms with Crippen molar-refractivity contribution in [1.82, 2.24) is 14.8 Å². The van der Waals surface area contributed by atoms with Gasteiger partial charge in [-0.3, -0.25) is 4.79 Å². The molecule has 0 aliphatic rings. The molecule has 2 heterocycles. The van der Waals surface area contributed by atoms with E-state index in [2.05, 4.69) is 15.5 Å². The number of aromatic nitrogens is 3. The smallest absolute Gasteiger partial charge is 0.234 e. The molecule has 0 aliphatic heterocycles. The predicted octanol–water partition coefficient (Wildman–Crippen LogP) is 3.92. The molecule has 0 atom stereocenters. The second kappa shape index (κ2) is 7.76. The van der Waals surface area contributed by atoms with Gasteiger partial charge in [0, 0.05) is 0 Å². The summed E-state index contributed by atoms with van der Waals surface area (Å²) < 4.78 is 7.16. The number of hydrogen-bond acceptors (Lipinski definition) is 5. The number of furan rings is 1. The summed E-state index contributed by atoms with van der Waals surface area (Å²) in [6.45, 7) is 4.40. The van der Waals surface area contributed by atoms with Crippen LogP contribution in [0.4, 0.5) is 5.69 Å². The van der Waals surface area contributed by atoms with Crippen molar-refractivity contribution in [2.75, 3.05) is 11.1 Å². The van der Waals surface area contributed by atoms with Crippen molar-refractivity contribution in [3.63, 3.8) is 0 Å². The highest BCUT2D eigenvalue weighted by Crippen LogP contribution is 2.27. The Hall–Kier alpha value is -2.25. The molecule has 25 heavy (non-hydrogen) atoms. The highest BCUT2D eigenvalue weighted by atomic mass is 35.5. The van der Waals surface area contributed by atoms with E-state index < -0.39 is 0 Å². The predicted molar refractivity (Wildman–Crippen MR) is 98.1 cm³/mol. The number of nitrogens with zero attached hydrogens (tertiary/aromatic N) is 3. The SMILES string of the molecule is Cc1cc(C)c(NC(=O)CSc2nncn2Cc2ccco2)c(Cl)c1. The summed E-state index contributed by atoms with van der Waals surface area (Å²) in [6, 6.07) is 7.52. The molecule has 6 nitrogen and oxygen atoms in total. The first-order chi connectivity index (χ1) is 12.0. The van der Waals surface area contributed by atoms with Crippen LogP contribution < -0.4 is 5.32 Å². The molecular formula is C17H17ClN4O2S. The second-order valence-corrected chi connectivity index (χ2v) is 6.95. The van der Waals surface area contributed by atoms with Crippen LogP contribution in [0, 0.1) is 13.8 Å². The standard InChI is InChI=1S/C17H17ClN4O2S/c1-11-6-12(2)16(14(18)7-11)20-15(23)9-25-17-21-19-10-22(17)8-13-4-3-5-24-13/h3-7,10H,8-9H2,1-2H3,(H,20,23). The maximum Gasteiger partial charge on any atom is 0.234 e. The van der Waals surface area contributed by atoms with E-state index in [4.69, 9.17) is 16.0 Å². The number of benzene rings is 1. The molecule has 130 valence electrons. The number of aryl methyl sites for hydroxylation is 2. The lowest BCUT2D eigenvalue weighted by Gasteiger charge is -2.11. The number of amides is 1. The van der Waals surface area contributed by atoms with E-state index in [1.807, 2.05) is 42.7 Å². The summed E-state index contributed by atoms with van der Waals surface area (Å²) in [5, 5.41) is 12.0. The molecule has 0 aliphatic carbocycles. The van der Waals surface area contributed by atoms with Gasteiger partial charge in [0.05, 0.1) is 29.3 Å². The number of nitrogens with one attached hydrogen (secondary N) is 1. The summed E-state index contributed by atoms with van der Waals surface area (Å²) in [5.74, 6) is 0.861. The minimum Gasteiger partial charge on any atom is -0.467 e. The Morgan fingerprint density at radius 3 is 2.96 bits per heavy atom. The molecule has 1 amide bonds. The third kappa shape index (κ3) is 4.43. The molecule has 1 N–H and O–H groups in total. The van der Waals surface area contributed by atoms with Gasteiger partial charge in [-0.15, -0.1) is 10.2 Å². The fourth-order valence-corrected chi connectivity index (χ4v) is 3.50. The van der Waals surface area contributed by atoms with Crippen LogP contribution in [-0.2, 0) is 11.3 Å². The molecule has 0 bridgehead atoms. The third-order valence-corrected chi connectivity index (χ3v) is 4.79. The molecule has 0 unspecified atom stereocenters. The average Bonchev–Trinajstić information content (AvgIpc) is 3.21. The Labute approximate surface area is 154 Å². The molecule has 8 heteroatoms. The summed E-state index contributed by atoms with van der Waals surface area (Å²) in [7, 11) is 0. The van der Waals surface area contributed by atoms with Gasteiger partial charge in [-0.25, -0.2) is 0 Å². The van der Waals surface area contributed by atoms with Gasteiger partial charge < -0.3 is 14.3 Å². The van der Waals surface area contributed by atoms with E-state index in [-0.39, 0.29) is 11.7 Å². The number of rotatable bonds is 6. The molecular weight excluding hydrogens is 360 g/mol. The lowest BCUT2D eigenvalue weighted by molar-refractivity contribution is -0.113. The fraction of sp³-hybridized carbons (Fsp3) is 0.235. The van der Waals surface area contributed by atoms with Gasteiger partial charge in [0.1, 0.15) is 12.1 Å². The molecule has 0 radical (unpaired) electrons. The van der Waals surface area contributed by atoms with Crippen molar-refractivity contribution in [1.29, 1.82) is 0 Å². The summed E-state index contributed by atoms with van der Waals surface area (Å²) >= 11 is 7.54. The molecule has 0 saturated carbocycles. The van der Waals surface area contributed by atoms with Crippen LogP contribution in [0.5, 0.6) is 0 Å². The second-order valence-electron chi connectivity index (χ2n) is 5.60. The highest BCUT2D eigenvalue weighted by Gasteiger charge is 2.13. The van der Waals surface area contributed by atoms with Crippen LogP contribution >= 0.6 is 23.4 Å². The number of carbonyl (C=O) groups excluding carboxylic acids is 1. The van der Waals surface area contributed by atoms with E-state index in [1.54, 1.807) is 12.6 Å². The Morgan fingerprint density at radius 2 is 2.24 bits per heavy atom. The van der Waals surface area contributed by atoms with E-state index in [0.29, 0.717) is 22.4 Å². The zero-order valence-corrected chi connectivity index (χ0v) is 15.4. The van der Waals surface area contributed by atoms with Gasteiger partial charge in [-0.1, -0.05) is 29.4 Å². The summed E-state index contributed by atoms with van der Waals surface area (Å²) in [4.78, 5) is 12.3. The fourth-order valence-electron chi connectivity index (χ4n) is 2.41. The van der Waals surface area contributed by atoms with Crippen molar-refractivity contribution in [3.8, 4) is 0 Å². The van der Waals surface area contributed by atoms with Gasteiger partial charge in [-0.2, -0.15) is 0 Å². The lowest BCUT2D eigenvalue weighted by Crippen LogP contribution is -2.16. The van der Waals surface area contributed by atoms with Crippen molar-refractivity contribution < 1.29 is 9.21 Å². The Kier molecular flexibility index (Phi) is 5.45. The average molecular weight is 377 g/mol. The topological polar surface area (TPSA) is 73.0 Å². The monoisotopic (exact) mass is 376 g/mol. The van der Waals surface area contributed by atoms with Crippen LogP contribution in [-0.4, -0.2) is 26.4 Å². The van der Waals surface area contributed by atoms with E-state index in [0.717, 1.165) is 16.9 Å². The van der Waals surface area contributed by atoms with E-state index >= 15 is 0 Å². The van der Waals surface area contributed by atoms with Crippen molar-refractivity contribution in [3.05, 3.63) is 58.8 Å². The van der Waals surface area contributed by atoms with Gasteiger partial charge in [0.25, 0.3) is 0 Å². The number of thioether (sulfide) groups is 1. The Bertz CT molecular complexity index is 854. The maximum atomic E-state index is 12.3. The first-order valence-electron chi connectivity index (χ1n) is 7.62. The van der Waals surface area contributed by atoms with Crippen LogP contribution in [0.25, 0.3) is 0 Å². The minimum absolute atomic E-state index is 0.147. The first kappa shape index (κ1) is 17.6. The normalized spacial score (nSPS) is 10.8. The largest absolute Gasteiger partial charge is 0.467 e. The molecule has 2 aromatic heterocycles. The van der Waals surface area contributed by atoms with Gasteiger partial charge in [-0.05, 0) is 43.2 Å². The van der Waals surface area contributed by atoms with Gasteiger partial charge in [0.2, 0.25) is 5.91 Å². The molecule has 1 aromatic carbocycles. The zero-order chi connectivity index (χ0) is 17.8. The van der Waals surface area contributed by atoms with Crippen LogP contribution in [0.1, 0.15) is 16.9 Å². The van der Waals surface area contributed by atoms with Gasteiger partial charge >= 0.3 is 0 Å². The third-order valence-electron chi connectivity index (χ3n) is 3.51. The van der Waals surface area contributed by atoms with E-state index in [9.17, 15) is 4.79 Å². The highest BCUT2D eigenvalue weighted by molar-refractivity contribution is 7.99. The maximum absolute atomic E-state index is 12.3. The van der Waals surface area contributed by atoms with Crippen LogP contribution in [0.15, 0.2) is 46.4 Å². The number of halogens is 1. The minimum atomic E-state index is -0.147. The lowest BCUT2D eigenvalue weighted by atomic mass is 10.1. The van der Waals surface area contributed by atoms with Crippen molar-refractivity contribution >= 4 is 35.0 Å². The first-order valence-corrected chi connectivity index (χ1v) is 8.99. The molecule has 0 spiro atoms. The van der Waals surface area contributed by atoms with Crippen molar-refractivity contribution in [2.45, 2.75) is 25.5 Å². The number of carbonyl (C=O) groups is 1. The quantitative estimate of drug-likeness (QED) is 0.660. The summed E-state index contributed by atoms with van der Waals surface area (Å²) in [5.41, 5.74) is 2.64. The summed E-state index contributed by atoms with van der Waals surface area (Å²) in [6.07, 6.45) is 3.23. The van der Waals surface area contributed by atoms with Gasteiger partial charge in [0.15, 0.2) is 5.16 Å².